The van der Waals surface area contributed by atoms with E-state index in [0.717, 1.165) is 16.7 Å². The number of aliphatic imine (C=N–C) groups is 3. The van der Waals surface area contributed by atoms with Crippen LogP contribution in [-0.2, 0) is 61.9 Å². The Labute approximate surface area is 363 Å². The first-order valence-corrected chi connectivity index (χ1v) is 20.0. The number of nitrogens with one attached hydrogen (secondary N) is 3. The summed E-state index contributed by atoms with van der Waals surface area (Å²) in [6, 6.07) is 21.8. The molecule has 3 aromatic rings. The van der Waals surface area contributed by atoms with Crippen LogP contribution in [0.4, 0.5) is 9.59 Å². The largest absolute Gasteiger partial charge is 0.449 e. The van der Waals surface area contributed by atoms with Crippen LogP contribution in [0.15, 0.2) is 87.8 Å². The fourth-order valence-electron chi connectivity index (χ4n) is 6.27. The minimum absolute atomic E-state index is 0.193. The van der Waals surface area contributed by atoms with E-state index in [0.29, 0.717) is 16.7 Å². The Morgan fingerprint density at radius 3 is 1.15 bits per heavy atom. The van der Waals surface area contributed by atoms with Crippen molar-refractivity contribution in [2.24, 2.45) is 20.4 Å². The van der Waals surface area contributed by atoms with E-state index >= 15 is 0 Å². The first-order chi connectivity index (χ1) is 28.6. The van der Waals surface area contributed by atoms with Crippen molar-refractivity contribution in [3.63, 3.8) is 0 Å². The van der Waals surface area contributed by atoms with Gasteiger partial charge in [-0.2, -0.15) is 15.0 Å². The van der Waals surface area contributed by atoms with Crippen LogP contribution in [0.5, 0.6) is 0 Å². The SMILES string of the molecule is CC(COC(=O)NC(C)(C)c1cccc(C(C)(C)N=C=O)c1)(COC(=O)NC(C)(C)c1cccc(C(C)(C)N=C=O)c1)CO[N+](=O)NC(C)(C)c1cccc(C(C)(C)N=C=O)c1. The summed E-state index contributed by atoms with van der Waals surface area (Å²) in [6.07, 6.45) is 3.21. The molecule has 0 heterocycles. The van der Waals surface area contributed by atoms with Crippen LogP contribution in [0.25, 0.3) is 0 Å². The van der Waals surface area contributed by atoms with Crippen LogP contribution in [0.2, 0.25) is 0 Å². The number of hydrazine groups is 1. The number of alkyl carbamates (subject to hydrolysis) is 2. The zero-order valence-electron chi connectivity index (χ0n) is 38.0. The van der Waals surface area contributed by atoms with Crippen LogP contribution >= 0.6 is 0 Å². The standard InChI is InChI=1S/C46H59N7O9/c1-40(2,47-29-54)32-17-14-20-35(23-32)43(7,8)50-38(57)60-26-46(13,27-61-39(58)51-44(9,10)36-21-15-18-33(24-36)41(3,4)48-30-55)28-62-53(59)52-45(11,12)37-22-16-19-34(25-37)42(5,6)49-31-56/h14-25H,26-28H2,1-13H3,(H2-,50,51,52,57,58,59)/p+1. The molecule has 332 valence electrons. The molecule has 3 aromatic carbocycles. The summed E-state index contributed by atoms with van der Waals surface area (Å²) >= 11 is 0. The maximum atomic E-state index is 13.4. The van der Waals surface area contributed by atoms with Gasteiger partial charge in [0.05, 0.1) is 33.1 Å². The number of rotatable bonds is 20. The van der Waals surface area contributed by atoms with Crippen molar-refractivity contribution < 1.29 is 43.3 Å². The number of ether oxygens (including phenoxy) is 2. The second kappa shape index (κ2) is 19.5. The van der Waals surface area contributed by atoms with Crippen molar-refractivity contribution in [1.82, 2.24) is 16.1 Å². The maximum Gasteiger partial charge on any atom is 0.407 e. The van der Waals surface area contributed by atoms with Crippen molar-refractivity contribution in [1.29, 1.82) is 0 Å². The van der Waals surface area contributed by atoms with E-state index in [9.17, 15) is 28.9 Å². The number of benzene rings is 3. The van der Waals surface area contributed by atoms with Crippen LogP contribution in [-0.4, -0.2) is 55.3 Å². The lowest BCUT2D eigenvalue weighted by molar-refractivity contribution is -0.852. The van der Waals surface area contributed by atoms with Gasteiger partial charge in [-0.15, -0.1) is 0 Å². The number of hydrogen-bond acceptors (Lipinski definition) is 12. The van der Waals surface area contributed by atoms with Crippen molar-refractivity contribution in [2.75, 3.05) is 19.8 Å². The van der Waals surface area contributed by atoms with E-state index in [-0.39, 0.29) is 24.9 Å². The van der Waals surface area contributed by atoms with E-state index in [1.807, 2.05) is 54.6 Å². The smallest absolute Gasteiger partial charge is 0.407 e. The van der Waals surface area contributed by atoms with Crippen LogP contribution in [0.3, 0.4) is 0 Å². The highest BCUT2D eigenvalue weighted by Gasteiger charge is 2.38. The highest BCUT2D eigenvalue weighted by atomic mass is 16.8. The molecule has 0 aromatic heterocycles. The number of nitrogens with zero attached hydrogens (tertiary/aromatic N) is 4. The fraction of sp³-hybridized carbons (Fsp3) is 0.500. The lowest BCUT2D eigenvalue weighted by atomic mass is 9.88. The van der Waals surface area contributed by atoms with Crippen molar-refractivity contribution >= 4 is 30.4 Å². The molecule has 0 radical (unpaired) electrons. The van der Waals surface area contributed by atoms with Gasteiger partial charge in [0.15, 0.2) is 6.61 Å². The number of hydrogen-bond donors (Lipinski definition) is 3. The Morgan fingerprint density at radius 2 is 0.823 bits per heavy atom. The van der Waals surface area contributed by atoms with Crippen LogP contribution in [0, 0.1) is 10.3 Å². The topological polar surface area (TPSA) is 206 Å². The molecule has 2 amide bonds. The van der Waals surface area contributed by atoms with Crippen molar-refractivity contribution in [2.45, 2.75) is 123 Å². The molecular weight excluding hydrogens is 795 g/mol. The zero-order chi connectivity index (χ0) is 46.8. The molecule has 0 saturated heterocycles. The molecule has 62 heavy (non-hydrogen) atoms. The van der Waals surface area contributed by atoms with Gasteiger partial charge < -0.3 is 20.1 Å². The van der Waals surface area contributed by atoms with Gasteiger partial charge in [-0.05, 0) is 123 Å². The molecule has 0 atom stereocenters. The van der Waals surface area contributed by atoms with Crippen LogP contribution < -0.4 is 16.1 Å². The highest BCUT2D eigenvalue weighted by molar-refractivity contribution is 5.69. The third-order valence-electron chi connectivity index (χ3n) is 10.7. The Hall–Kier alpha value is -6.46. The molecule has 0 spiro atoms. The van der Waals surface area contributed by atoms with Gasteiger partial charge in [-0.1, -0.05) is 78.2 Å². The molecule has 0 fully saturated rings. The molecule has 0 unspecified atom stereocenters. The highest BCUT2D eigenvalue weighted by Crippen LogP contribution is 2.32. The molecule has 3 rings (SSSR count). The van der Waals surface area contributed by atoms with Gasteiger partial charge in [0, 0.05) is 0 Å². The molecule has 0 aliphatic rings. The Balaban J connectivity index is 1.82. The quantitative estimate of drug-likeness (QED) is 0.0564. The summed E-state index contributed by atoms with van der Waals surface area (Å²) < 4.78 is 11.4. The second-order valence-electron chi connectivity index (χ2n) is 18.8. The van der Waals surface area contributed by atoms with E-state index in [2.05, 4.69) is 31.0 Å². The lowest BCUT2D eigenvalue weighted by Gasteiger charge is -2.31. The Morgan fingerprint density at radius 1 is 0.516 bits per heavy atom. The number of amides is 2. The number of carbonyl (C=O) groups is 2. The molecule has 3 N–H and O–H groups in total. The summed E-state index contributed by atoms with van der Waals surface area (Å²) in [5.74, 6) is 0. The van der Waals surface area contributed by atoms with E-state index in [4.69, 9.17) is 14.3 Å². The average Bonchev–Trinajstić information content (AvgIpc) is 3.18. The summed E-state index contributed by atoms with van der Waals surface area (Å²) in [4.78, 5) is 90.6. The first kappa shape index (κ1) is 49.9. The van der Waals surface area contributed by atoms with E-state index < -0.39 is 50.8 Å². The summed E-state index contributed by atoms with van der Waals surface area (Å²) in [7, 11) is 0. The molecule has 0 bridgehead atoms. The predicted molar refractivity (Wildman–Crippen MR) is 232 cm³/mol. The van der Waals surface area contributed by atoms with Crippen LogP contribution in [0.1, 0.15) is 123 Å². The van der Waals surface area contributed by atoms with Gasteiger partial charge in [0.25, 0.3) is 0 Å². The molecule has 0 aliphatic carbocycles. The molecule has 16 nitrogen and oxygen atoms in total. The second-order valence-corrected chi connectivity index (χ2v) is 18.8. The predicted octanol–water partition coefficient (Wildman–Crippen LogP) is 8.18. The summed E-state index contributed by atoms with van der Waals surface area (Å²) in [5.41, 5.74) is 0.353. The molecule has 0 saturated carbocycles. The van der Waals surface area contributed by atoms with Crippen molar-refractivity contribution in [3.05, 3.63) is 111 Å². The zero-order valence-corrected chi connectivity index (χ0v) is 38.0. The minimum atomic E-state index is -1.28. The summed E-state index contributed by atoms with van der Waals surface area (Å²) in [6.45, 7) is 21.8. The normalized spacial score (nSPS) is 13.1. The average molecular weight is 855 g/mol. The van der Waals surface area contributed by atoms with Gasteiger partial charge in [0.2, 0.25) is 18.2 Å². The lowest BCUT2D eigenvalue weighted by Crippen LogP contribution is -2.47. The number of isocyanates is 3. The third-order valence-corrected chi connectivity index (χ3v) is 10.7. The Bertz CT molecular complexity index is 2010. The fourth-order valence-corrected chi connectivity index (χ4v) is 6.27. The van der Waals surface area contributed by atoms with Gasteiger partial charge in [-0.25, -0.2) is 28.8 Å². The van der Waals surface area contributed by atoms with Gasteiger partial charge in [-0.3, -0.25) is 0 Å². The molecular formula is C46H60N7O9+. The minimum Gasteiger partial charge on any atom is -0.449 e. The van der Waals surface area contributed by atoms with Gasteiger partial charge >= 0.3 is 17.2 Å². The monoisotopic (exact) mass is 854 g/mol. The Kier molecular flexibility index (Phi) is 15.7. The molecule has 0 aliphatic heterocycles. The molecule has 16 heteroatoms. The van der Waals surface area contributed by atoms with E-state index in [1.54, 1.807) is 126 Å². The van der Waals surface area contributed by atoms with Gasteiger partial charge in [0.1, 0.15) is 23.7 Å². The first-order valence-electron chi connectivity index (χ1n) is 20.0. The third kappa shape index (κ3) is 13.5. The maximum absolute atomic E-state index is 13.4. The van der Waals surface area contributed by atoms with Crippen molar-refractivity contribution in [3.8, 4) is 0 Å². The van der Waals surface area contributed by atoms with E-state index in [1.165, 1.54) is 0 Å². The summed E-state index contributed by atoms with van der Waals surface area (Å²) in [5, 5.41) is 5.91. The number of carbonyl (C=O) groups excluding carboxylic acids is 5.